The van der Waals surface area contributed by atoms with Crippen LogP contribution in [0.4, 0.5) is 0 Å². The number of imidazole rings is 1. The fraction of sp³-hybridized carbons (Fsp3) is 0.0192. The summed E-state index contributed by atoms with van der Waals surface area (Å²) in [6.07, 6.45) is 0. The summed E-state index contributed by atoms with van der Waals surface area (Å²) in [5, 5.41) is 5.13. The molecule has 2 nitrogen and oxygen atoms in total. The van der Waals surface area contributed by atoms with Crippen molar-refractivity contribution in [3.8, 4) is 50.5 Å². The third-order valence-corrected chi connectivity index (χ3v) is 12.0. The van der Waals surface area contributed by atoms with Crippen LogP contribution < -0.4 is 0 Å². The van der Waals surface area contributed by atoms with E-state index in [1.807, 2.05) is 0 Å². The smallest absolute Gasteiger partial charge is 0.145 e. The average molecular weight is 685 g/mol. The second-order valence-electron chi connectivity index (χ2n) is 14.6. The minimum Gasteiger partial charge on any atom is -0.292 e. The van der Waals surface area contributed by atoms with Gasteiger partial charge in [0.25, 0.3) is 0 Å². The van der Waals surface area contributed by atoms with Crippen molar-refractivity contribution in [3.63, 3.8) is 0 Å². The number of hydrogen-bond acceptors (Lipinski definition) is 1. The van der Waals surface area contributed by atoms with Crippen LogP contribution in [0.3, 0.4) is 0 Å². The average Bonchev–Trinajstić information content (AvgIpc) is 3.88. The lowest BCUT2D eigenvalue weighted by Gasteiger charge is -2.32. The lowest BCUT2D eigenvalue weighted by atomic mass is 9.69. The Hall–Kier alpha value is -7.03. The molecule has 2 aliphatic rings. The highest BCUT2D eigenvalue weighted by Gasteiger charge is 2.53. The van der Waals surface area contributed by atoms with Crippen molar-refractivity contribution in [2.24, 2.45) is 0 Å². The predicted octanol–water partition coefficient (Wildman–Crippen LogP) is 13.0. The molecule has 0 amide bonds. The molecule has 0 aliphatic heterocycles. The summed E-state index contributed by atoms with van der Waals surface area (Å²) in [7, 11) is 0. The van der Waals surface area contributed by atoms with Gasteiger partial charge in [0.1, 0.15) is 5.82 Å². The van der Waals surface area contributed by atoms with E-state index in [0.29, 0.717) is 0 Å². The summed E-state index contributed by atoms with van der Waals surface area (Å²) < 4.78 is 2.27. The zero-order chi connectivity index (χ0) is 35.4. The Balaban J connectivity index is 1.13. The first-order valence-electron chi connectivity index (χ1n) is 18.7. The molecule has 0 bridgehead atoms. The molecular weight excluding hydrogens is 653 g/mol. The van der Waals surface area contributed by atoms with Crippen molar-refractivity contribution in [3.05, 3.63) is 216 Å². The molecule has 1 spiro atoms. The summed E-state index contributed by atoms with van der Waals surface area (Å²) in [6, 6.07) is 71.4. The molecule has 0 saturated carbocycles. The maximum absolute atomic E-state index is 5.16. The molecule has 54 heavy (non-hydrogen) atoms. The molecule has 250 valence electrons. The van der Waals surface area contributed by atoms with E-state index in [2.05, 4.69) is 199 Å². The van der Waals surface area contributed by atoms with E-state index in [1.165, 1.54) is 77.2 Å². The number of hydrogen-bond donors (Lipinski definition) is 0. The number of nitrogens with zero attached hydrogens (tertiary/aromatic N) is 2. The van der Waals surface area contributed by atoms with Crippen molar-refractivity contribution < 1.29 is 0 Å². The van der Waals surface area contributed by atoms with Crippen molar-refractivity contribution in [2.75, 3.05) is 0 Å². The molecule has 9 aromatic carbocycles. The second kappa shape index (κ2) is 11.0. The molecule has 0 radical (unpaired) electrons. The molecule has 1 heterocycles. The molecule has 0 fully saturated rings. The second-order valence-corrected chi connectivity index (χ2v) is 14.6. The standard InChI is InChI=1S/C52H32N2/c1-2-15-36(16-3-1)54-48-25-13-12-24-47(48)53-51(54)35-28-26-34(27-29-35)43-32-46-49(41-21-7-6-18-38(41)43)42-31-30-33-14-4-5-17-37(33)50(42)52(46)44-22-10-8-19-39(44)40-20-9-11-23-45(40)52/h1-32H. The fourth-order valence-electron chi connectivity index (χ4n) is 9.87. The Morgan fingerprint density at radius 1 is 0.407 bits per heavy atom. The van der Waals surface area contributed by atoms with E-state index in [4.69, 9.17) is 4.98 Å². The van der Waals surface area contributed by atoms with Gasteiger partial charge in [0, 0.05) is 11.3 Å². The van der Waals surface area contributed by atoms with Gasteiger partial charge in [-0.3, -0.25) is 4.57 Å². The molecule has 0 atom stereocenters. The van der Waals surface area contributed by atoms with Gasteiger partial charge in [-0.15, -0.1) is 0 Å². The highest BCUT2D eigenvalue weighted by Crippen LogP contribution is 2.65. The fourth-order valence-corrected chi connectivity index (χ4v) is 9.87. The van der Waals surface area contributed by atoms with Crippen LogP contribution in [-0.4, -0.2) is 9.55 Å². The minimum absolute atomic E-state index is 0.460. The van der Waals surface area contributed by atoms with Gasteiger partial charge in [0.05, 0.1) is 16.4 Å². The topological polar surface area (TPSA) is 17.8 Å². The minimum atomic E-state index is -0.460. The van der Waals surface area contributed by atoms with Crippen molar-refractivity contribution in [1.29, 1.82) is 0 Å². The van der Waals surface area contributed by atoms with Crippen LogP contribution in [0.2, 0.25) is 0 Å². The van der Waals surface area contributed by atoms with Crippen LogP contribution in [0.25, 0.3) is 83.0 Å². The number of rotatable bonds is 3. The molecule has 1 aromatic heterocycles. The van der Waals surface area contributed by atoms with Crippen LogP contribution in [0.1, 0.15) is 22.3 Å². The zero-order valence-corrected chi connectivity index (χ0v) is 29.4. The molecule has 0 N–H and O–H groups in total. The Morgan fingerprint density at radius 3 is 1.80 bits per heavy atom. The lowest BCUT2D eigenvalue weighted by Crippen LogP contribution is -2.26. The van der Waals surface area contributed by atoms with Gasteiger partial charge in [0.15, 0.2) is 0 Å². The van der Waals surface area contributed by atoms with Gasteiger partial charge < -0.3 is 0 Å². The number of benzene rings is 9. The van der Waals surface area contributed by atoms with E-state index >= 15 is 0 Å². The van der Waals surface area contributed by atoms with Crippen LogP contribution in [0, 0.1) is 0 Å². The monoisotopic (exact) mass is 684 g/mol. The summed E-state index contributed by atoms with van der Waals surface area (Å²) in [5.41, 5.74) is 17.0. The van der Waals surface area contributed by atoms with Crippen LogP contribution in [-0.2, 0) is 5.41 Å². The normalized spacial score (nSPS) is 13.3. The van der Waals surface area contributed by atoms with Gasteiger partial charge in [-0.05, 0) is 108 Å². The largest absolute Gasteiger partial charge is 0.292 e. The number of fused-ring (bicyclic) bond motifs is 15. The van der Waals surface area contributed by atoms with Gasteiger partial charge in [-0.1, -0.05) is 164 Å². The SMILES string of the molecule is c1ccc(-n2c(-c3ccc(-c4cc5c(c6ccccc46)-c4ccc6ccccc6c4C54c5ccccc5-c5ccccc54)cc3)nc3ccccc32)cc1. The highest BCUT2D eigenvalue weighted by atomic mass is 15.1. The Bertz CT molecular complexity index is 3100. The molecule has 0 saturated heterocycles. The predicted molar refractivity (Wildman–Crippen MR) is 223 cm³/mol. The molecule has 10 aromatic rings. The van der Waals surface area contributed by atoms with E-state index in [9.17, 15) is 0 Å². The quantitative estimate of drug-likeness (QED) is 0.181. The van der Waals surface area contributed by atoms with Crippen molar-refractivity contribution >= 4 is 32.6 Å². The van der Waals surface area contributed by atoms with E-state index < -0.39 is 5.41 Å². The van der Waals surface area contributed by atoms with Crippen LogP contribution >= 0.6 is 0 Å². The van der Waals surface area contributed by atoms with Crippen LogP contribution in [0.5, 0.6) is 0 Å². The van der Waals surface area contributed by atoms with E-state index in [0.717, 1.165) is 28.1 Å². The summed E-state index contributed by atoms with van der Waals surface area (Å²) in [4.78, 5) is 5.16. The highest BCUT2D eigenvalue weighted by molar-refractivity contribution is 6.14. The third kappa shape index (κ3) is 3.81. The molecule has 2 heteroatoms. The van der Waals surface area contributed by atoms with Crippen molar-refractivity contribution in [2.45, 2.75) is 5.41 Å². The Labute approximate surface area is 313 Å². The lowest BCUT2D eigenvalue weighted by molar-refractivity contribution is 0.802. The Morgan fingerprint density at radius 2 is 1.02 bits per heavy atom. The van der Waals surface area contributed by atoms with E-state index in [1.54, 1.807) is 0 Å². The van der Waals surface area contributed by atoms with Crippen molar-refractivity contribution in [1.82, 2.24) is 9.55 Å². The Kier molecular flexibility index (Phi) is 6.01. The summed E-state index contributed by atoms with van der Waals surface area (Å²) in [5.74, 6) is 0.938. The molecule has 0 unspecified atom stereocenters. The maximum atomic E-state index is 5.16. The van der Waals surface area contributed by atoms with Gasteiger partial charge in [-0.2, -0.15) is 0 Å². The zero-order valence-electron chi connectivity index (χ0n) is 29.4. The number of aromatic nitrogens is 2. The summed E-state index contributed by atoms with van der Waals surface area (Å²) >= 11 is 0. The first kappa shape index (κ1) is 29.5. The molecule has 12 rings (SSSR count). The molecule has 2 aliphatic carbocycles. The summed E-state index contributed by atoms with van der Waals surface area (Å²) in [6.45, 7) is 0. The van der Waals surface area contributed by atoms with Gasteiger partial charge in [-0.25, -0.2) is 4.98 Å². The van der Waals surface area contributed by atoms with Gasteiger partial charge in [0.2, 0.25) is 0 Å². The van der Waals surface area contributed by atoms with Crippen LogP contribution in [0.15, 0.2) is 194 Å². The molecular formula is C52H32N2. The first-order valence-corrected chi connectivity index (χ1v) is 18.7. The number of para-hydroxylation sites is 3. The maximum Gasteiger partial charge on any atom is 0.145 e. The van der Waals surface area contributed by atoms with Gasteiger partial charge >= 0.3 is 0 Å². The third-order valence-electron chi connectivity index (χ3n) is 12.0. The van der Waals surface area contributed by atoms with E-state index in [-0.39, 0.29) is 0 Å². The first-order chi connectivity index (χ1) is 26.8.